The van der Waals surface area contributed by atoms with E-state index in [4.69, 9.17) is 5.11 Å². The third kappa shape index (κ3) is 1.50. The third-order valence-corrected chi connectivity index (χ3v) is 3.87. The number of aliphatic hydroxyl groups excluding tert-OH is 1. The second-order valence-corrected chi connectivity index (χ2v) is 4.93. The molecule has 0 unspecified atom stereocenters. The molecule has 0 amide bonds. The molecule has 0 bridgehead atoms. The molecule has 1 saturated heterocycles. The highest BCUT2D eigenvalue weighted by molar-refractivity contribution is 7.22. The Morgan fingerprint density at radius 2 is 2.20 bits per heavy atom. The first kappa shape index (κ1) is 9.12. The van der Waals surface area contributed by atoms with Gasteiger partial charge in [-0.2, -0.15) is 0 Å². The summed E-state index contributed by atoms with van der Waals surface area (Å²) in [5.41, 5.74) is 1.07. The van der Waals surface area contributed by atoms with Crippen LogP contribution in [0.2, 0.25) is 0 Å². The van der Waals surface area contributed by atoms with Gasteiger partial charge in [-0.05, 0) is 12.1 Å². The van der Waals surface area contributed by atoms with Gasteiger partial charge in [-0.15, -0.1) is 0 Å². The predicted octanol–water partition coefficient (Wildman–Crippen LogP) is 1.72. The third-order valence-electron chi connectivity index (χ3n) is 2.77. The van der Waals surface area contributed by atoms with Crippen LogP contribution < -0.4 is 4.90 Å². The van der Waals surface area contributed by atoms with Crippen LogP contribution in [0.15, 0.2) is 24.3 Å². The van der Waals surface area contributed by atoms with E-state index < -0.39 is 0 Å². The molecule has 3 nitrogen and oxygen atoms in total. The summed E-state index contributed by atoms with van der Waals surface area (Å²) < 4.78 is 1.24. The van der Waals surface area contributed by atoms with Crippen LogP contribution in [0.25, 0.3) is 10.2 Å². The van der Waals surface area contributed by atoms with E-state index >= 15 is 0 Å². The van der Waals surface area contributed by atoms with Crippen molar-refractivity contribution in [3.63, 3.8) is 0 Å². The molecule has 4 heteroatoms. The van der Waals surface area contributed by atoms with Crippen LogP contribution in [0.5, 0.6) is 0 Å². The van der Waals surface area contributed by atoms with E-state index in [2.05, 4.69) is 16.0 Å². The van der Waals surface area contributed by atoms with Gasteiger partial charge >= 0.3 is 0 Å². The monoisotopic (exact) mass is 220 g/mol. The maximum Gasteiger partial charge on any atom is 0.186 e. The summed E-state index contributed by atoms with van der Waals surface area (Å²) in [5, 5.41) is 10.0. The van der Waals surface area contributed by atoms with E-state index in [-0.39, 0.29) is 0 Å². The molecule has 2 heterocycles. The Morgan fingerprint density at radius 1 is 1.40 bits per heavy atom. The maximum absolute atomic E-state index is 8.95. The molecule has 1 aliphatic rings. The molecule has 0 aliphatic carbocycles. The average molecular weight is 220 g/mol. The molecule has 1 N–H and O–H groups in total. The summed E-state index contributed by atoms with van der Waals surface area (Å²) in [5.74, 6) is 0.442. The zero-order chi connectivity index (χ0) is 10.3. The standard InChI is InChI=1S/C11H12N2OS/c14-7-8-5-13(6-8)11-12-9-3-1-2-4-10(9)15-11/h1-4,8,14H,5-7H2. The molecule has 1 aromatic carbocycles. The number of aliphatic hydroxyl groups is 1. The maximum atomic E-state index is 8.95. The smallest absolute Gasteiger partial charge is 0.186 e. The van der Waals surface area contributed by atoms with Crippen molar-refractivity contribution in [2.45, 2.75) is 0 Å². The van der Waals surface area contributed by atoms with Crippen molar-refractivity contribution < 1.29 is 5.11 Å². The molecule has 0 atom stereocenters. The van der Waals surface area contributed by atoms with Crippen LogP contribution in [-0.2, 0) is 0 Å². The summed E-state index contributed by atoms with van der Waals surface area (Å²) in [6, 6.07) is 8.19. The quantitative estimate of drug-likeness (QED) is 0.837. The zero-order valence-electron chi connectivity index (χ0n) is 8.26. The molecule has 0 spiro atoms. The van der Waals surface area contributed by atoms with Gasteiger partial charge in [0.25, 0.3) is 0 Å². The van der Waals surface area contributed by atoms with Crippen molar-refractivity contribution in [3.8, 4) is 0 Å². The van der Waals surface area contributed by atoms with Crippen molar-refractivity contribution >= 4 is 26.7 Å². The first-order chi connectivity index (χ1) is 7.36. The molecule has 3 rings (SSSR count). The molecule has 2 aromatic rings. The lowest BCUT2D eigenvalue weighted by Crippen LogP contribution is -2.48. The Kier molecular flexibility index (Phi) is 2.11. The molecule has 1 aliphatic heterocycles. The number of benzene rings is 1. The van der Waals surface area contributed by atoms with Crippen LogP contribution in [0.3, 0.4) is 0 Å². The summed E-state index contributed by atoms with van der Waals surface area (Å²) >= 11 is 1.73. The lowest BCUT2D eigenvalue weighted by Gasteiger charge is -2.37. The average Bonchev–Trinajstić information content (AvgIpc) is 2.59. The number of hydrogen-bond acceptors (Lipinski definition) is 4. The number of thiazole rings is 1. The van der Waals surface area contributed by atoms with E-state index in [9.17, 15) is 0 Å². The Labute approximate surface area is 92.0 Å². The molecule has 0 saturated carbocycles. The number of nitrogens with zero attached hydrogens (tertiary/aromatic N) is 2. The molecule has 15 heavy (non-hydrogen) atoms. The summed E-state index contributed by atoms with van der Waals surface area (Å²) in [6.45, 7) is 2.17. The fourth-order valence-electron chi connectivity index (χ4n) is 1.84. The Bertz CT molecular complexity index is 443. The number of anilines is 1. The number of rotatable bonds is 2. The van der Waals surface area contributed by atoms with Gasteiger partial charge in [0.1, 0.15) is 0 Å². The molecular formula is C11H12N2OS. The van der Waals surface area contributed by atoms with Crippen molar-refractivity contribution in [2.24, 2.45) is 5.92 Å². The SMILES string of the molecule is OCC1CN(c2nc3ccccc3s2)C1. The van der Waals surface area contributed by atoms with E-state index in [1.807, 2.05) is 18.2 Å². The minimum Gasteiger partial charge on any atom is -0.396 e. The van der Waals surface area contributed by atoms with Gasteiger partial charge in [-0.3, -0.25) is 0 Å². The highest BCUT2D eigenvalue weighted by Crippen LogP contribution is 2.32. The Hall–Kier alpha value is -1.13. The van der Waals surface area contributed by atoms with Gasteiger partial charge in [-0.1, -0.05) is 23.5 Å². The second-order valence-electron chi connectivity index (χ2n) is 3.92. The number of hydrogen-bond donors (Lipinski definition) is 1. The van der Waals surface area contributed by atoms with Crippen molar-refractivity contribution in [2.75, 3.05) is 24.6 Å². The van der Waals surface area contributed by atoms with E-state index in [0.717, 1.165) is 23.7 Å². The summed E-state index contributed by atoms with van der Waals surface area (Å²) in [4.78, 5) is 6.79. The van der Waals surface area contributed by atoms with E-state index in [0.29, 0.717) is 12.5 Å². The fraction of sp³-hybridized carbons (Fsp3) is 0.364. The first-order valence-electron chi connectivity index (χ1n) is 5.08. The van der Waals surface area contributed by atoms with Crippen LogP contribution >= 0.6 is 11.3 Å². The molecular weight excluding hydrogens is 208 g/mol. The first-order valence-corrected chi connectivity index (χ1v) is 5.90. The van der Waals surface area contributed by atoms with Gasteiger partial charge in [0.2, 0.25) is 0 Å². The second kappa shape index (κ2) is 3.47. The molecule has 0 radical (unpaired) electrons. The molecule has 1 aromatic heterocycles. The van der Waals surface area contributed by atoms with Gasteiger partial charge in [0, 0.05) is 25.6 Å². The Balaban J connectivity index is 1.87. The Morgan fingerprint density at radius 3 is 2.93 bits per heavy atom. The van der Waals surface area contributed by atoms with Gasteiger partial charge < -0.3 is 10.0 Å². The van der Waals surface area contributed by atoms with Gasteiger partial charge in [-0.25, -0.2) is 4.98 Å². The minimum atomic E-state index is 0.293. The normalized spacial score (nSPS) is 17.0. The zero-order valence-corrected chi connectivity index (χ0v) is 9.07. The largest absolute Gasteiger partial charge is 0.396 e. The highest BCUT2D eigenvalue weighted by Gasteiger charge is 2.28. The number of fused-ring (bicyclic) bond motifs is 1. The van der Waals surface area contributed by atoms with Crippen LogP contribution in [-0.4, -0.2) is 29.8 Å². The van der Waals surface area contributed by atoms with E-state index in [1.165, 1.54) is 4.70 Å². The fourth-order valence-corrected chi connectivity index (χ4v) is 2.82. The number of para-hydroxylation sites is 1. The lowest BCUT2D eigenvalue weighted by atomic mass is 10.0. The lowest BCUT2D eigenvalue weighted by molar-refractivity contribution is 0.201. The van der Waals surface area contributed by atoms with Crippen LogP contribution in [0, 0.1) is 5.92 Å². The minimum absolute atomic E-state index is 0.293. The van der Waals surface area contributed by atoms with Crippen LogP contribution in [0.4, 0.5) is 5.13 Å². The predicted molar refractivity (Wildman–Crippen MR) is 62.4 cm³/mol. The van der Waals surface area contributed by atoms with Crippen LogP contribution in [0.1, 0.15) is 0 Å². The summed E-state index contributed by atoms with van der Waals surface area (Å²) in [6.07, 6.45) is 0. The molecule has 78 valence electrons. The van der Waals surface area contributed by atoms with Gasteiger partial charge in [0.15, 0.2) is 5.13 Å². The number of aromatic nitrogens is 1. The molecule has 1 fully saturated rings. The van der Waals surface area contributed by atoms with Crippen molar-refractivity contribution in [3.05, 3.63) is 24.3 Å². The van der Waals surface area contributed by atoms with E-state index in [1.54, 1.807) is 11.3 Å². The van der Waals surface area contributed by atoms with Gasteiger partial charge in [0.05, 0.1) is 10.2 Å². The van der Waals surface area contributed by atoms with Crippen molar-refractivity contribution in [1.82, 2.24) is 4.98 Å². The highest BCUT2D eigenvalue weighted by atomic mass is 32.1. The summed E-state index contributed by atoms with van der Waals surface area (Å²) in [7, 11) is 0. The topological polar surface area (TPSA) is 36.4 Å². The van der Waals surface area contributed by atoms with Crippen molar-refractivity contribution in [1.29, 1.82) is 0 Å².